The lowest BCUT2D eigenvalue weighted by Gasteiger charge is -2.39. The second kappa shape index (κ2) is 9.05. The number of aliphatic hydroxyl groups excluding tert-OH is 1. The fourth-order valence-electron chi connectivity index (χ4n) is 4.00. The minimum Gasteiger partial charge on any atom is -0.491 e. The Hall–Kier alpha value is -2.68. The highest BCUT2D eigenvalue weighted by Gasteiger charge is 2.35. The second-order valence-corrected chi connectivity index (χ2v) is 8.24. The van der Waals surface area contributed by atoms with Crippen molar-refractivity contribution in [3.05, 3.63) is 71.9 Å². The van der Waals surface area contributed by atoms with Gasteiger partial charge in [-0.2, -0.15) is 13.2 Å². The van der Waals surface area contributed by atoms with Crippen LogP contribution in [0.3, 0.4) is 0 Å². The zero-order valence-corrected chi connectivity index (χ0v) is 17.4. The molecule has 2 N–H and O–H groups in total. The van der Waals surface area contributed by atoms with Gasteiger partial charge in [0.25, 0.3) is 0 Å². The summed E-state index contributed by atoms with van der Waals surface area (Å²) in [7, 11) is 0. The lowest BCUT2D eigenvalue weighted by Crippen LogP contribution is -2.46. The summed E-state index contributed by atoms with van der Waals surface area (Å²) in [6, 6.07) is 14.1. The van der Waals surface area contributed by atoms with Gasteiger partial charge in [-0.05, 0) is 49.2 Å². The molecule has 4 rings (SSSR count). The number of rotatable bonds is 6. The summed E-state index contributed by atoms with van der Waals surface area (Å²) >= 11 is 0. The normalized spacial score (nSPS) is 17.9. The summed E-state index contributed by atoms with van der Waals surface area (Å²) in [5.41, 5.74) is -0.0295. The maximum Gasteiger partial charge on any atom is 0.416 e. The van der Waals surface area contributed by atoms with Gasteiger partial charge in [0.1, 0.15) is 18.5 Å². The first kappa shape index (κ1) is 22.5. The van der Waals surface area contributed by atoms with Crippen LogP contribution in [0.5, 0.6) is 5.75 Å². The third-order valence-electron chi connectivity index (χ3n) is 5.90. The van der Waals surface area contributed by atoms with E-state index in [2.05, 4.69) is 4.98 Å². The molecule has 0 aliphatic carbocycles. The molecule has 0 saturated carbocycles. The molecule has 1 aliphatic heterocycles. The van der Waals surface area contributed by atoms with E-state index in [1.165, 1.54) is 12.1 Å². The molecule has 170 valence electrons. The minimum absolute atomic E-state index is 0.0271. The number of alkyl halides is 3. The molecule has 2 heterocycles. The molecule has 1 saturated heterocycles. The first-order valence-electron chi connectivity index (χ1n) is 10.5. The summed E-state index contributed by atoms with van der Waals surface area (Å²) in [4.78, 5) is 6.49. The van der Waals surface area contributed by atoms with Crippen molar-refractivity contribution in [2.75, 3.05) is 26.2 Å². The average molecular weight is 446 g/mol. The molecule has 8 heteroatoms. The summed E-state index contributed by atoms with van der Waals surface area (Å²) in [6.07, 6.45) is -2.44. The van der Waals surface area contributed by atoms with Crippen molar-refractivity contribution in [2.24, 2.45) is 0 Å². The lowest BCUT2D eigenvalue weighted by molar-refractivity contribution is -0.137. The predicted molar refractivity (Wildman–Crippen MR) is 114 cm³/mol. The molecular weight excluding hydrogens is 421 g/mol. The number of piperidine rings is 1. The monoisotopic (exact) mass is 446 g/mol. The van der Waals surface area contributed by atoms with Crippen LogP contribution in [0.25, 0.3) is 10.9 Å². The molecule has 3 aromatic rings. The van der Waals surface area contributed by atoms with Crippen LogP contribution in [-0.2, 0) is 11.8 Å². The average Bonchev–Trinajstić information content (AvgIpc) is 2.79. The first-order chi connectivity index (χ1) is 15.2. The van der Waals surface area contributed by atoms with Gasteiger partial charge < -0.3 is 19.8 Å². The fourth-order valence-corrected chi connectivity index (χ4v) is 4.00. The van der Waals surface area contributed by atoms with Crippen molar-refractivity contribution in [2.45, 2.75) is 30.7 Å². The number of nitrogens with zero attached hydrogens (tertiary/aromatic N) is 2. The highest BCUT2D eigenvalue weighted by molar-refractivity contribution is 5.78. The Morgan fingerprint density at radius 1 is 1.06 bits per heavy atom. The van der Waals surface area contributed by atoms with Crippen LogP contribution in [0, 0.1) is 0 Å². The largest absolute Gasteiger partial charge is 0.491 e. The molecule has 0 spiro atoms. The van der Waals surface area contributed by atoms with Crippen LogP contribution in [0.4, 0.5) is 13.2 Å². The van der Waals surface area contributed by atoms with Crippen LogP contribution in [0.1, 0.15) is 24.0 Å². The fraction of sp³-hybridized carbons (Fsp3) is 0.375. The molecule has 5 nitrogen and oxygen atoms in total. The number of halogens is 3. The van der Waals surface area contributed by atoms with Gasteiger partial charge >= 0.3 is 6.18 Å². The quantitative estimate of drug-likeness (QED) is 0.600. The molecule has 1 atom stereocenters. The van der Waals surface area contributed by atoms with E-state index in [9.17, 15) is 23.4 Å². The zero-order chi connectivity index (χ0) is 22.8. The maximum absolute atomic E-state index is 12.6. The molecule has 0 amide bonds. The molecule has 1 aromatic heterocycles. The third-order valence-corrected chi connectivity index (χ3v) is 5.90. The number of β-amino-alcohol motifs (C(OH)–C–C–N with tert-alkyl or cyclic N) is 1. The van der Waals surface area contributed by atoms with Crippen LogP contribution in [0.15, 0.2) is 60.8 Å². The van der Waals surface area contributed by atoms with Gasteiger partial charge in [-0.15, -0.1) is 0 Å². The number of ether oxygens (including phenoxy) is 1. The van der Waals surface area contributed by atoms with Crippen molar-refractivity contribution in [3.8, 4) is 5.75 Å². The highest BCUT2D eigenvalue weighted by atomic mass is 19.4. The Morgan fingerprint density at radius 3 is 2.44 bits per heavy atom. The van der Waals surface area contributed by atoms with Crippen LogP contribution in [-0.4, -0.2) is 52.4 Å². The highest BCUT2D eigenvalue weighted by Crippen LogP contribution is 2.34. The van der Waals surface area contributed by atoms with E-state index in [4.69, 9.17) is 4.74 Å². The number of hydrogen-bond donors (Lipinski definition) is 2. The summed E-state index contributed by atoms with van der Waals surface area (Å²) < 4.78 is 43.3. The zero-order valence-electron chi connectivity index (χ0n) is 17.4. The Labute approximate surface area is 184 Å². The van der Waals surface area contributed by atoms with E-state index < -0.39 is 23.4 Å². The van der Waals surface area contributed by atoms with Gasteiger partial charge in [-0.3, -0.25) is 4.98 Å². The standard InChI is InChI=1S/C24H25F3N2O3/c25-24(26,27)18-5-7-21(8-6-18)32-16-20(30)15-29-11-9-23(31,10-12-29)19-13-17-3-1-2-4-22(17)28-14-19/h1-8,13-14,20,30-31H,9-12,15-16H2/t20-/m0/s1. The smallest absolute Gasteiger partial charge is 0.416 e. The van der Waals surface area contributed by atoms with E-state index in [0.29, 0.717) is 32.5 Å². The molecule has 0 bridgehead atoms. The number of aliphatic hydroxyl groups is 2. The topological polar surface area (TPSA) is 65.8 Å². The number of aromatic nitrogens is 1. The summed E-state index contributed by atoms with van der Waals surface area (Å²) in [5, 5.41) is 22.4. The number of likely N-dealkylation sites (tertiary alicyclic amines) is 1. The number of benzene rings is 2. The Bertz CT molecular complexity index is 1050. The van der Waals surface area contributed by atoms with E-state index in [0.717, 1.165) is 28.6 Å². The van der Waals surface area contributed by atoms with Crippen molar-refractivity contribution in [1.29, 1.82) is 0 Å². The third kappa shape index (κ3) is 5.20. The molecule has 1 fully saturated rings. The van der Waals surface area contributed by atoms with Gasteiger partial charge in [0.05, 0.1) is 16.7 Å². The van der Waals surface area contributed by atoms with E-state index in [1.54, 1.807) is 6.20 Å². The molecular formula is C24H25F3N2O3. The Morgan fingerprint density at radius 2 is 1.75 bits per heavy atom. The predicted octanol–water partition coefficient (Wildman–Crippen LogP) is 3.98. The molecule has 2 aromatic carbocycles. The van der Waals surface area contributed by atoms with Gasteiger partial charge in [0.2, 0.25) is 0 Å². The van der Waals surface area contributed by atoms with Crippen LogP contribution >= 0.6 is 0 Å². The van der Waals surface area contributed by atoms with Gasteiger partial charge in [0, 0.05) is 36.8 Å². The van der Waals surface area contributed by atoms with Crippen molar-refractivity contribution in [1.82, 2.24) is 9.88 Å². The molecule has 0 radical (unpaired) electrons. The summed E-state index contributed by atoms with van der Waals surface area (Å²) in [5.74, 6) is 0.272. The van der Waals surface area contributed by atoms with Crippen LogP contribution < -0.4 is 4.74 Å². The van der Waals surface area contributed by atoms with Gasteiger partial charge in [-0.1, -0.05) is 18.2 Å². The minimum atomic E-state index is -4.39. The lowest BCUT2D eigenvalue weighted by atomic mass is 9.84. The molecule has 0 unspecified atom stereocenters. The Balaban J connectivity index is 1.27. The number of para-hydroxylation sites is 1. The van der Waals surface area contributed by atoms with Crippen molar-refractivity contribution >= 4 is 10.9 Å². The SMILES string of the molecule is O[C@H](COc1ccc(C(F)(F)F)cc1)CN1CCC(O)(c2cnc3ccccc3c2)CC1. The molecule has 1 aliphatic rings. The van der Waals surface area contributed by atoms with E-state index >= 15 is 0 Å². The van der Waals surface area contributed by atoms with Gasteiger partial charge in [0.15, 0.2) is 0 Å². The maximum atomic E-state index is 12.6. The van der Waals surface area contributed by atoms with Crippen LogP contribution in [0.2, 0.25) is 0 Å². The summed E-state index contributed by atoms with van der Waals surface area (Å²) in [6.45, 7) is 1.52. The number of pyridine rings is 1. The van der Waals surface area contributed by atoms with Crippen molar-refractivity contribution < 1.29 is 28.1 Å². The molecule has 32 heavy (non-hydrogen) atoms. The Kier molecular flexibility index (Phi) is 6.37. The number of fused-ring (bicyclic) bond motifs is 1. The van der Waals surface area contributed by atoms with Crippen molar-refractivity contribution in [3.63, 3.8) is 0 Å². The first-order valence-corrected chi connectivity index (χ1v) is 10.5. The van der Waals surface area contributed by atoms with Gasteiger partial charge in [-0.25, -0.2) is 0 Å². The second-order valence-electron chi connectivity index (χ2n) is 8.24. The number of hydrogen-bond acceptors (Lipinski definition) is 5. The van der Waals surface area contributed by atoms with E-state index in [1.807, 2.05) is 35.2 Å². The van der Waals surface area contributed by atoms with E-state index in [-0.39, 0.29) is 12.4 Å².